The number of rotatable bonds is 3. The van der Waals surface area contributed by atoms with Crippen LogP contribution < -0.4 is 11.1 Å². The van der Waals surface area contributed by atoms with Crippen molar-refractivity contribution >= 4 is 34.9 Å². The summed E-state index contributed by atoms with van der Waals surface area (Å²) < 4.78 is 0. The summed E-state index contributed by atoms with van der Waals surface area (Å²) in [7, 11) is 0. The van der Waals surface area contributed by atoms with E-state index in [2.05, 4.69) is 5.32 Å². The number of primary amides is 1. The Labute approximate surface area is 155 Å². The van der Waals surface area contributed by atoms with E-state index >= 15 is 0 Å². The van der Waals surface area contributed by atoms with Crippen LogP contribution in [0.1, 0.15) is 27.1 Å². The number of carbonyl (C=O) groups is 3. The lowest BCUT2D eigenvalue weighted by atomic mass is 10.2. The van der Waals surface area contributed by atoms with Gasteiger partial charge in [-0.25, -0.2) is 4.79 Å². The molecule has 1 saturated heterocycles. The van der Waals surface area contributed by atoms with Crippen LogP contribution >= 0.6 is 11.3 Å². The SMILES string of the molecule is NC(=O)c1cccc(NC(=O)N2CCCN(C(=O)c3ccsc3)CC2)c1. The van der Waals surface area contributed by atoms with Crippen LogP contribution in [0.2, 0.25) is 0 Å². The Kier molecular flexibility index (Phi) is 5.52. The molecular formula is C18H20N4O3S. The van der Waals surface area contributed by atoms with Gasteiger partial charge in [-0.2, -0.15) is 11.3 Å². The maximum absolute atomic E-state index is 12.5. The van der Waals surface area contributed by atoms with Crippen molar-refractivity contribution in [2.24, 2.45) is 5.73 Å². The molecule has 0 spiro atoms. The zero-order chi connectivity index (χ0) is 18.5. The number of carbonyl (C=O) groups excluding carboxylic acids is 3. The summed E-state index contributed by atoms with van der Waals surface area (Å²) in [5.74, 6) is -0.541. The predicted molar refractivity (Wildman–Crippen MR) is 100 cm³/mol. The fourth-order valence-electron chi connectivity index (χ4n) is 2.85. The largest absolute Gasteiger partial charge is 0.366 e. The second-order valence-electron chi connectivity index (χ2n) is 6.02. The highest BCUT2D eigenvalue weighted by Gasteiger charge is 2.23. The summed E-state index contributed by atoms with van der Waals surface area (Å²) in [6.45, 7) is 2.13. The van der Waals surface area contributed by atoms with E-state index in [1.165, 1.54) is 11.3 Å². The van der Waals surface area contributed by atoms with Gasteiger partial charge in [-0.15, -0.1) is 0 Å². The molecule has 1 aromatic heterocycles. The van der Waals surface area contributed by atoms with Crippen molar-refractivity contribution in [3.8, 4) is 0 Å². The van der Waals surface area contributed by atoms with Crippen LogP contribution in [0.5, 0.6) is 0 Å². The molecule has 7 nitrogen and oxygen atoms in total. The average Bonchev–Trinajstić information content (AvgIpc) is 3.05. The molecule has 8 heteroatoms. The first-order chi connectivity index (χ1) is 12.5. The van der Waals surface area contributed by atoms with E-state index in [4.69, 9.17) is 5.73 Å². The molecule has 0 atom stereocenters. The first-order valence-electron chi connectivity index (χ1n) is 8.32. The number of nitrogens with zero attached hydrogens (tertiary/aromatic N) is 2. The van der Waals surface area contributed by atoms with Gasteiger partial charge in [-0.1, -0.05) is 6.07 Å². The molecule has 0 aliphatic carbocycles. The summed E-state index contributed by atoms with van der Waals surface area (Å²) in [6, 6.07) is 8.07. The number of amides is 4. The minimum absolute atomic E-state index is 0.00247. The number of hydrogen-bond acceptors (Lipinski definition) is 4. The lowest BCUT2D eigenvalue weighted by Gasteiger charge is -2.22. The summed E-state index contributed by atoms with van der Waals surface area (Å²) in [6.07, 6.45) is 0.713. The Hall–Kier alpha value is -2.87. The molecule has 1 aliphatic heterocycles. The molecule has 4 amide bonds. The maximum atomic E-state index is 12.5. The standard InChI is InChI=1S/C18H20N4O3S/c19-16(23)13-3-1-4-15(11-13)20-18(25)22-7-2-6-21(8-9-22)17(24)14-5-10-26-12-14/h1,3-5,10-12H,2,6-9H2,(H2,19,23)(H,20,25). The molecule has 2 aromatic rings. The van der Waals surface area contributed by atoms with Crippen LogP contribution in [-0.2, 0) is 0 Å². The van der Waals surface area contributed by atoms with E-state index in [-0.39, 0.29) is 11.9 Å². The number of benzene rings is 1. The Morgan fingerprint density at radius 3 is 2.50 bits per heavy atom. The number of urea groups is 1. The van der Waals surface area contributed by atoms with Gasteiger partial charge in [0.05, 0.1) is 5.56 Å². The van der Waals surface area contributed by atoms with Crippen molar-refractivity contribution < 1.29 is 14.4 Å². The van der Waals surface area contributed by atoms with Crippen LogP contribution in [0.15, 0.2) is 41.1 Å². The van der Waals surface area contributed by atoms with Gasteiger partial charge in [0, 0.05) is 42.8 Å². The number of anilines is 1. The number of nitrogens with two attached hydrogens (primary N) is 1. The second kappa shape index (κ2) is 8.01. The molecule has 0 unspecified atom stereocenters. The van der Waals surface area contributed by atoms with Crippen LogP contribution in [0.4, 0.5) is 10.5 Å². The number of hydrogen-bond donors (Lipinski definition) is 2. The van der Waals surface area contributed by atoms with Gasteiger partial charge in [0.15, 0.2) is 0 Å². The van der Waals surface area contributed by atoms with Crippen molar-refractivity contribution in [3.05, 3.63) is 52.2 Å². The summed E-state index contributed by atoms with van der Waals surface area (Å²) >= 11 is 1.49. The molecule has 1 aliphatic rings. The zero-order valence-electron chi connectivity index (χ0n) is 14.2. The van der Waals surface area contributed by atoms with Crippen LogP contribution in [-0.4, -0.2) is 53.8 Å². The van der Waals surface area contributed by atoms with Crippen molar-refractivity contribution in [2.75, 3.05) is 31.5 Å². The minimum Gasteiger partial charge on any atom is -0.366 e. The second-order valence-corrected chi connectivity index (χ2v) is 6.80. The third kappa shape index (κ3) is 4.20. The van der Waals surface area contributed by atoms with Crippen molar-refractivity contribution in [2.45, 2.75) is 6.42 Å². The van der Waals surface area contributed by atoms with Gasteiger partial charge in [-0.3, -0.25) is 9.59 Å². The maximum Gasteiger partial charge on any atom is 0.321 e. The smallest absolute Gasteiger partial charge is 0.321 e. The van der Waals surface area contributed by atoms with E-state index in [1.54, 1.807) is 34.1 Å². The lowest BCUT2D eigenvalue weighted by Crippen LogP contribution is -2.39. The fraction of sp³-hybridized carbons (Fsp3) is 0.278. The fourth-order valence-corrected chi connectivity index (χ4v) is 3.47. The summed E-state index contributed by atoms with van der Waals surface area (Å²) in [5, 5.41) is 6.50. The van der Waals surface area contributed by atoms with Crippen molar-refractivity contribution in [1.29, 1.82) is 0 Å². The molecule has 0 saturated carbocycles. The van der Waals surface area contributed by atoms with Gasteiger partial charge >= 0.3 is 6.03 Å². The van der Waals surface area contributed by atoms with Gasteiger partial charge in [-0.05, 0) is 36.1 Å². The van der Waals surface area contributed by atoms with Crippen LogP contribution in [0, 0.1) is 0 Å². The Morgan fingerprint density at radius 2 is 1.77 bits per heavy atom. The topological polar surface area (TPSA) is 95.7 Å². The molecule has 0 bridgehead atoms. The molecule has 2 heterocycles. The van der Waals surface area contributed by atoms with Crippen molar-refractivity contribution in [3.63, 3.8) is 0 Å². The highest BCUT2D eigenvalue weighted by molar-refractivity contribution is 7.08. The van der Waals surface area contributed by atoms with E-state index in [9.17, 15) is 14.4 Å². The molecule has 1 fully saturated rings. The highest BCUT2D eigenvalue weighted by Crippen LogP contribution is 2.14. The monoisotopic (exact) mass is 372 g/mol. The summed E-state index contributed by atoms with van der Waals surface area (Å²) in [4.78, 5) is 39.7. The van der Waals surface area contributed by atoms with Gasteiger partial charge in [0.2, 0.25) is 5.91 Å². The minimum atomic E-state index is -0.543. The van der Waals surface area contributed by atoms with E-state index in [0.717, 1.165) is 0 Å². The average molecular weight is 372 g/mol. The summed E-state index contributed by atoms with van der Waals surface area (Å²) in [5.41, 5.74) is 6.81. The first kappa shape index (κ1) is 17.9. The predicted octanol–water partition coefficient (Wildman–Crippen LogP) is 2.23. The third-order valence-corrected chi connectivity index (χ3v) is 4.92. The molecule has 3 rings (SSSR count). The van der Waals surface area contributed by atoms with Gasteiger partial charge in [0.1, 0.15) is 0 Å². The highest BCUT2D eigenvalue weighted by atomic mass is 32.1. The third-order valence-electron chi connectivity index (χ3n) is 4.24. The Morgan fingerprint density at radius 1 is 1.00 bits per heavy atom. The molecule has 0 radical (unpaired) electrons. The zero-order valence-corrected chi connectivity index (χ0v) is 15.0. The molecule has 26 heavy (non-hydrogen) atoms. The van der Waals surface area contributed by atoms with E-state index < -0.39 is 5.91 Å². The Bertz CT molecular complexity index is 807. The molecule has 3 N–H and O–H groups in total. The normalized spacial score (nSPS) is 14.6. The lowest BCUT2D eigenvalue weighted by molar-refractivity contribution is 0.0763. The van der Waals surface area contributed by atoms with Gasteiger partial charge < -0.3 is 20.9 Å². The van der Waals surface area contributed by atoms with Crippen LogP contribution in [0.25, 0.3) is 0 Å². The Balaban J connectivity index is 1.60. The van der Waals surface area contributed by atoms with Crippen molar-refractivity contribution in [1.82, 2.24) is 9.80 Å². The first-order valence-corrected chi connectivity index (χ1v) is 9.26. The van der Waals surface area contributed by atoms with E-state index in [1.807, 2.05) is 16.8 Å². The van der Waals surface area contributed by atoms with E-state index in [0.29, 0.717) is 49.4 Å². The molecular weight excluding hydrogens is 352 g/mol. The molecule has 1 aromatic carbocycles. The number of thiophene rings is 1. The van der Waals surface area contributed by atoms with Crippen LogP contribution in [0.3, 0.4) is 0 Å². The number of nitrogens with one attached hydrogen (secondary N) is 1. The van der Waals surface area contributed by atoms with Gasteiger partial charge in [0.25, 0.3) is 5.91 Å². The molecule has 136 valence electrons. The quantitative estimate of drug-likeness (QED) is 0.865.